The fourth-order valence-corrected chi connectivity index (χ4v) is 2.21. The van der Waals surface area contributed by atoms with E-state index >= 15 is 0 Å². The zero-order valence-electron chi connectivity index (χ0n) is 9.82. The van der Waals surface area contributed by atoms with Crippen LogP contribution in [-0.2, 0) is 0 Å². The van der Waals surface area contributed by atoms with Crippen molar-refractivity contribution in [1.29, 1.82) is 0 Å². The maximum absolute atomic E-state index is 5.51. The molecular weight excluding hydrogens is 196 g/mol. The monoisotopic (exact) mass is 214 g/mol. The van der Waals surface area contributed by atoms with Crippen molar-refractivity contribution in [3.05, 3.63) is 23.9 Å². The van der Waals surface area contributed by atoms with Crippen molar-refractivity contribution >= 4 is 5.82 Å². The minimum atomic E-state index is 0.144. The van der Waals surface area contributed by atoms with Gasteiger partial charge in [0.05, 0.1) is 0 Å². The highest BCUT2D eigenvalue weighted by Gasteiger charge is 2.17. The van der Waals surface area contributed by atoms with Crippen LogP contribution in [0.4, 0.5) is 5.82 Å². The number of pyridine rings is 1. The maximum Gasteiger partial charge on any atom is 0.132 e. The second-order valence-corrected chi connectivity index (χ2v) is 4.35. The van der Waals surface area contributed by atoms with Crippen molar-refractivity contribution in [2.24, 2.45) is 0 Å². The summed E-state index contributed by atoms with van der Waals surface area (Å²) in [5.74, 6) is 4.03. The number of nitrogens with zero attached hydrogens (tertiary/aromatic N) is 2. The Hall–Kier alpha value is -1.49. The summed E-state index contributed by atoms with van der Waals surface area (Å²) < 4.78 is 0. The molecule has 0 spiro atoms. The Balaban J connectivity index is 2.28. The molecular formula is C14H18N2. The van der Waals surface area contributed by atoms with E-state index in [4.69, 9.17) is 6.42 Å². The average Bonchev–Trinajstić information content (AvgIpc) is 2.39. The van der Waals surface area contributed by atoms with Crippen LogP contribution in [0.3, 0.4) is 0 Å². The number of anilines is 1. The second-order valence-electron chi connectivity index (χ2n) is 4.35. The molecule has 1 unspecified atom stereocenters. The average molecular weight is 214 g/mol. The third-order valence-electron chi connectivity index (χ3n) is 3.19. The highest BCUT2D eigenvalue weighted by Crippen LogP contribution is 2.26. The molecule has 0 saturated carbocycles. The summed E-state index contributed by atoms with van der Waals surface area (Å²) in [5, 5.41) is 0. The normalized spacial score (nSPS) is 17.9. The molecule has 2 heterocycles. The van der Waals surface area contributed by atoms with E-state index in [9.17, 15) is 0 Å². The van der Waals surface area contributed by atoms with Gasteiger partial charge in [0.1, 0.15) is 5.82 Å². The summed E-state index contributed by atoms with van der Waals surface area (Å²) in [7, 11) is 0. The van der Waals surface area contributed by atoms with Crippen molar-refractivity contribution in [3.63, 3.8) is 0 Å². The van der Waals surface area contributed by atoms with Crippen molar-refractivity contribution < 1.29 is 0 Å². The van der Waals surface area contributed by atoms with Crippen LogP contribution in [0.2, 0.25) is 0 Å². The molecule has 2 rings (SSSR count). The first kappa shape index (κ1) is 11.0. The van der Waals surface area contributed by atoms with E-state index in [1.54, 1.807) is 0 Å². The minimum Gasteiger partial charge on any atom is -0.356 e. The highest BCUT2D eigenvalue weighted by atomic mass is 15.2. The predicted octanol–water partition coefficient (Wildman–Crippen LogP) is 2.81. The Bertz CT molecular complexity index is 386. The van der Waals surface area contributed by atoms with Gasteiger partial charge in [0.15, 0.2) is 0 Å². The Labute approximate surface area is 97.7 Å². The lowest BCUT2D eigenvalue weighted by Gasteiger charge is -2.29. The van der Waals surface area contributed by atoms with E-state index in [2.05, 4.69) is 28.8 Å². The first-order valence-electron chi connectivity index (χ1n) is 5.99. The van der Waals surface area contributed by atoms with Crippen molar-refractivity contribution in [3.8, 4) is 12.3 Å². The maximum atomic E-state index is 5.51. The molecule has 0 bridgehead atoms. The molecule has 0 amide bonds. The number of terminal acetylenes is 1. The van der Waals surface area contributed by atoms with Crippen LogP contribution >= 0.6 is 0 Å². The fraction of sp³-hybridized carbons (Fsp3) is 0.500. The molecule has 84 valence electrons. The molecule has 1 atom stereocenters. The van der Waals surface area contributed by atoms with E-state index in [0.29, 0.717) is 0 Å². The Kier molecular flexibility index (Phi) is 3.46. The van der Waals surface area contributed by atoms with Crippen molar-refractivity contribution in [2.75, 3.05) is 18.0 Å². The molecule has 2 heteroatoms. The number of rotatable bonds is 2. The molecule has 1 fully saturated rings. The molecule has 16 heavy (non-hydrogen) atoms. The van der Waals surface area contributed by atoms with Gasteiger partial charge in [-0.2, -0.15) is 0 Å². The predicted molar refractivity (Wildman–Crippen MR) is 67.5 cm³/mol. The molecule has 0 aliphatic carbocycles. The van der Waals surface area contributed by atoms with Gasteiger partial charge in [-0.15, -0.1) is 6.42 Å². The van der Waals surface area contributed by atoms with Crippen LogP contribution < -0.4 is 4.90 Å². The topological polar surface area (TPSA) is 16.1 Å². The lowest BCUT2D eigenvalue weighted by Crippen LogP contribution is -2.31. The third kappa shape index (κ3) is 2.19. The standard InChI is InChI=1S/C14H18N2/c1-3-12(2)13-8-7-9-15-14(13)16-10-5-4-6-11-16/h1,7-9,12H,4-6,10-11H2,2H3. The summed E-state index contributed by atoms with van der Waals surface area (Å²) >= 11 is 0. The van der Waals surface area contributed by atoms with Gasteiger partial charge < -0.3 is 4.90 Å². The van der Waals surface area contributed by atoms with Gasteiger partial charge in [-0.05, 0) is 32.3 Å². The van der Waals surface area contributed by atoms with E-state index in [-0.39, 0.29) is 5.92 Å². The van der Waals surface area contributed by atoms with Crippen LogP contribution in [0.25, 0.3) is 0 Å². The van der Waals surface area contributed by atoms with Gasteiger partial charge in [-0.25, -0.2) is 4.98 Å². The SMILES string of the molecule is C#CC(C)c1cccnc1N1CCCCC1. The third-order valence-corrected chi connectivity index (χ3v) is 3.19. The van der Waals surface area contributed by atoms with Crippen LogP contribution in [0.15, 0.2) is 18.3 Å². The summed E-state index contributed by atoms with van der Waals surface area (Å²) in [6.45, 7) is 4.28. The summed E-state index contributed by atoms with van der Waals surface area (Å²) in [6, 6.07) is 4.07. The zero-order chi connectivity index (χ0) is 11.4. The highest BCUT2D eigenvalue weighted by molar-refractivity contribution is 5.50. The minimum absolute atomic E-state index is 0.144. The van der Waals surface area contributed by atoms with E-state index in [1.165, 1.54) is 24.8 Å². The van der Waals surface area contributed by atoms with Crippen LogP contribution in [0.5, 0.6) is 0 Å². The molecule has 0 N–H and O–H groups in total. The van der Waals surface area contributed by atoms with Gasteiger partial charge in [0.25, 0.3) is 0 Å². The number of hydrogen-bond donors (Lipinski definition) is 0. The molecule has 1 aliphatic rings. The van der Waals surface area contributed by atoms with E-state index < -0.39 is 0 Å². The van der Waals surface area contributed by atoms with E-state index in [1.807, 2.05) is 12.3 Å². The molecule has 1 aliphatic heterocycles. The fourth-order valence-electron chi connectivity index (χ4n) is 2.21. The molecule has 2 nitrogen and oxygen atoms in total. The Morgan fingerprint density at radius 1 is 1.38 bits per heavy atom. The first-order chi connectivity index (χ1) is 7.83. The van der Waals surface area contributed by atoms with Gasteiger partial charge in [0.2, 0.25) is 0 Å². The molecule has 0 aromatic carbocycles. The molecule has 0 radical (unpaired) electrons. The Morgan fingerprint density at radius 3 is 2.81 bits per heavy atom. The van der Waals surface area contributed by atoms with E-state index in [0.717, 1.165) is 18.9 Å². The number of aromatic nitrogens is 1. The lowest BCUT2D eigenvalue weighted by atomic mass is 10.0. The van der Waals surface area contributed by atoms with Crippen molar-refractivity contribution in [2.45, 2.75) is 32.1 Å². The van der Waals surface area contributed by atoms with Gasteiger partial charge in [-0.1, -0.05) is 12.0 Å². The zero-order valence-corrected chi connectivity index (χ0v) is 9.82. The lowest BCUT2D eigenvalue weighted by molar-refractivity contribution is 0.571. The second kappa shape index (κ2) is 5.03. The van der Waals surface area contributed by atoms with Crippen molar-refractivity contribution in [1.82, 2.24) is 4.98 Å². The number of hydrogen-bond acceptors (Lipinski definition) is 2. The summed E-state index contributed by atoms with van der Waals surface area (Å²) in [5.41, 5.74) is 1.19. The quantitative estimate of drug-likeness (QED) is 0.704. The Morgan fingerprint density at radius 2 is 2.12 bits per heavy atom. The smallest absolute Gasteiger partial charge is 0.132 e. The summed E-state index contributed by atoms with van der Waals surface area (Å²) in [6.07, 6.45) is 11.2. The molecule has 1 aromatic rings. The largest absolute Gasteiger partial charge is 0.356 e. The van der Waals surface area contributed by atoms with Crippen LogP contribution in [0.1, 0.15) is 37.7 Å². The van der Waals surface area contributed by atoms with Gasteiger partial charge in [0, 0.05) is 30.8 Å². The molecule has 1 saturated heterocycles. The van der Waals surface area contributed by atoms with Crippen LogP contribution in [-0.4, -0.2) is 18.1 Å². The van der Waals surface area contributed by atoms with Gasteiger partial charge in [-0.3, -0.25) is 0 Å². The van der Waals surface area contributed by atoms with Gasteiger partial charge >= 0.3 is 0 Å². The van der Waals surface area contributed by atoms with Crippen LogP contribution in [0, 0.1) is 12.3 Å². The first-order valence-corrected chi connectivity index (χ1v) is 5.99. The molecule has 1 aromatic heterocycles. The number of piperidine rings is 1. The summed E-state index contributed by atoms with van der Waals surface area (Å²) in [4.78, 5) is 6.87.